The molecule has 294 valence electrons. The van der Waals surface area contributed by atoms with Crippen molar-refractivity contribution in [3.63, 3.8) is 0 Å². The van der Waals surface area contributed by atoms with Crippen LogP contribution >= 0.6 is 0 Å². The molecule has 0 saturated carbocycles. The van der Waals surface area contributed by atoms with Crippen LogP contribution < -0.4 is 16.0 Å². The molecule has 7 heterocycles. The summed E-state index contributed by atoms with van der Waals surface area (Å²) < 4.78 is 0. The smallest absolute Gasteiger partial charge is 0.307 e. The van der Waals surface area contributed by atoms with Gasteiger partial charge in [-0.3, -0.25) is 39.3 Å². The fourth-order valence-electron chi connectivity index (χ4n) is 9.56. The highest BCUT2D eigenvalue weighted by atomic mass is 16.4. The van der Waals surface area contributed by atoms with Gasteiger partial charge in [-0.05, 0) is 118 Å². The first-order valence-corrected chi connectivity index (χ1v) is 19.9. The van der Waals surface area contributed by atoms with E-state index in [1.54, 1.807) is 24.8 Å². The van der Waals surface area contributed by atoms with Crippen LogP contribution in [0.15, 0.2) is 90.3 Å². The van der Waals surface area contributed by atoms with E-state index in [-0.39, 0.29) is 17.8 Å². The molecule has 0 aliphatic carbocycles. The van der Waals surface area contributed by atoms with Gasteiger partial charge in [0.15, 0.2) is 0 Å². The zero-order valence-electron chi connectivity index (χ0n) is 31.5. The SMILES string of the molecule is O=C(O)[C@@H](CC1=CN=C2C=NC(CN(CC3=C4C(C[C@H](C(=O)O)[C@H]5CCNC5)=CN=C4C=N3)Cc3cccc(C[C@H](C(=O)O)[C@H]4CCNC4)c3)=C12)[C@H]1CCNC1. The van der Waals surface area contributed by atoms with Crippen LogP contribution in [0.1, 0.15) is 43.2 Å². The summed E-state index contributed by atoms with van der Waals surface area (Å²) in [6, 6.07) is 8.13. The summed E-state index contributed by atoms with van der Waals surface area (Å²) >= 11 is 0. The molecule has 7 aliphatic heterocycles. The summed E-state index contributed by atoms with van der Waals surface area (Å²) in [5.41, 5.74) is 8.62. The minimum atomic E-state index is -0.801. The number of fused-ring (bicyclic) bond motifs is 2. The van der Waals surface area contributed by atoms with Crippen molar-refractivity contribution in [1.29, 1.82) is 0 Å². The van der Waals surface area contributed by atoms with Crippen LogP contribution in [0, 0.1) is 35.5 Å². The highest BCUT2D eigenvalue weighted by Gasteiger charge is 2.37. The molecule has 0 unspecified atom stereocenters. The van der Waals surface area contributed by atoms with Gasteiger partial charge in [0.25, 0.3) is 0 Å². The van der Waals surface area contributed by atoms with Crippen LogP contribution in [0.3, 0.4) is 0 Å². The Morgan fingerprint density at radius 1 is 0.643 bits per heavy atom. The molecule has 0 spiro atoms. The molecule has 0 radical (unpaired) electrons. The van der Waals surface area contributed by atoms with Gasteiger partial charge < -0.3 is 31.3 Å². The lowest BCUT2D eigenvalue weighted by atomic mass is 9.84. The standard InChI is InChI=1S/C42H50N8O6/c51-40(52)31(26-4-7-43-14-26)11-24-2-1-3-25(10-24)21-50(22-36-38-29(17-46-34(38)19-48-36)12-32(41(53)54)27-5-8-44-15-27)23-37-39-30(18-47-35(39)20-49-37)13-33(42(55)56)28-6-9-45-16-28/h1-3,10,17-20,26-28,31-33,43-45H,4-9,11-16,21-23H2,(H,51,52)(H,53,54)(H,55,56)/t26-,27-,28-,31-,32-,33-/m0/s1. The molecule has 14 nitrogen and oxygen atoms in total. The quantitative estimate of drug-likeness (QED) is 0.129. The number of carboxylic acid groups (broad SMARTS) is 3. The lowest BCUT2D eigenvalue weighted by Crippen LogP contribution is -2.29. The number of allylic oxidation sites excluding steroid dienone is 4. The summed E-state index contributed by atoms with van der Waals surface area (Å²) in [6.45, 7) is 5.88. The van der Waals surface area contributed by atoms with E-state index in [4.69, 9.17) is 9.98 Å². The van der Waals surface area contributed by atoms with Crippen molar-refractivity contribution in [2.24, 2.45) is 55.5 Å². The van der Waals surface area contributed by atoms with Crippen LogP contribution in [0.25, 0.3) is 0 Å². The molecule has 6 atom stereocenters. The van der Waals surface area contributed by atoms with Gasteiger partial charge >= 0.3 is 17.9 Å². The molecule has 3 saturated heterocycles. The zero-order chi connectivity index (χ0) is 38.8. The van der Waals surface area contributed by atoms with Gasteiger partial charge in [0.2, 0.25) is 0 Å². The summed E-state index contributed by atoms with van der Waals surface area (Å²) in [7, 11) is 0. The second-order valence-corrected chi connectivity index (χ2v) is 16.2. The fraction of sp³-hybridized carbons (Fsp3) is 0.500. The Labute approximate surface area is 326 Å². The average Bonchev–Trinajstić information content (AvgIpc) is 4.01. The maximum absolute atomic E-state index is 12.5. The number of hydrogen-bond acceptors (Lipinski definition) is 11. The molecule has 0 bridgehead atoms. The minimum Gasteiger partial charge on any atom is -0.481 e. The Bertz CT molecular complexity index is 1910. The van der Waals surface area contributed by atoms with E-state index >= 15 is 0 Å². The van der Waals surface area contributed by atoms with E-state index < -0.39 is 35.7 Å². The van der Waals surface area contributed by atoms with E-state index in [1.165, 1.54) is 0 Å². The Hall–Kier alpha value is -4.89. The molecule has 14 heteroatoms. The van der Waals surface area contributed by atoms with Crippen molar-refractivity contribution in [1.82, 2.24) is 20.9 Å². The van der Waals surface area contributed by atoms with Crippen LogP contribution in [0.5, 0.6) is 0 Å². The van der Waals surface area contributed by atoms with Gasteiger partial charge in [-0.2, -0.15) is 0 Å². The van der Waals surface area contributed by atoms with Gasteiger partial charge in [-0.25, -0.2) is 0 Å². The second kappa shape index (κ2) is 16.7. The number of aliphatic carboxylic acids is 3. The second-order valence-electron chi connectivity index (χ2n) is 16.2. The topological polar surface area (TPSA) is 201 Å². The van der Waals surface area contributed by atoms with Gasteiger partial charge in [0.1, 0.15) is 0 Å². The van der Waals surface area contributed by atoms with Gasteiger partial charge in [-0.15, -0.1) is 0 Å². The molecule has 7 aliphatic rings. The number of carboxylic acids is 3. The third-order valence-electron chi connectivity index (χ3n) is 12.6. The first-order valence-electron chi connectivity index (χ1n) is 19.9. The molecular formula is C42H50N8O6. The van der Waals surface area contributed by atoms with Gasteiger partial charge in [0.05, 0.1) is 53.0 Å². The first-order chi connectivity index (χ1) is 27.2. The summed E-state index contributed by atoms with van der Waals surface area (Å²) in [6.07, 6.45) is 10.8. The monoisotopic (exact) mass is 762 g/mol. The fourth-order valence-corrected chi connectivity index (χ4v) is 9.56. The molecule has 6 N–H and O–H groups in total. The van der Waals surface area contributed by atoms with Crippen LogP contribution in [-0.2, 0) is 27.3 Å². The highest BCUT2D eigenvalue weighted by Crippen LogP contribution is 2.38. The summed E-state index contributed by atoms with van der Waals surface area (Å²) in [4.78, 5) is 58.5. The van der Waals surface area contributed by atoms with Gasteiger partial charge in [-0.1, -0.05) is 24.3 Å². The maximum Gasteiger partial charge on any atom is 0.307 e. The van der Waals surface area contributed by atoms with Crippen molar-refractivity contribution < 1.29 is 29.7 Å². The Kier molecular flexibility index (Phi) is 11.3. The molecule has 1 aromatic carbocycles. The number of benzene rings is 1. The summed E-state index contributed by atoms with van der Waals surface area (Å²) in [5.74, 6) is -3.75. The lowest BCUT2D eigenvalue weighted by molar-refractivity contribution is -0.144. The lowest BCUT2D eigenvalue weighted by Gasteiger charge is -2.25. The van der Waals surface area contributed by atoms with E-state index in [0.717, 1.165) is 95.1 Å². The van der Waals surface area contributed by atoms with Crippen molar-refractivity contribution >= 4 is 41.8 Å². The van der Waals surface area contributed by atoms with E-state index in [2.05, 4.69) is 43.0 Å². The Balaban J connectivity index is 1.08. The van der Waals surface area contributed by atoms with Crippen molar-refractivity contribution in [2.45, 2.75) is 45.1 Å². The Morgan fingerprint density at radius 2 is 1.09 bits per heavy atom. The zero-order valence-corrected chi connectivity index (χ0v) is 31.5. The molecule has 1 aromatic rings. The number of aliphatic imine (C=N–C) groups is 4. The van der Waals surface area contributed by atoms with Crippen molar-refractivity contribution in [3.8, 4) is 0 Å². The molecule has 3 fully saturated rings. The number of nitrogens with zero attached hydrogens (tertiary/aromatic N) is 5. The third-order valence-corrected chi connectivity index (χ3v) is 12.6. The van der Waals surface area contributed by atoms with Crippen molar-refractivity contribution in [2.75, 3.05) is 52.4 Å². The molecule has 56 heavy (non-hydrogen) atoms. The number of nitrogens with one attached hydrogen (secondary N) is 3. The van der Waals surface area contributed by atoms with Crippen LogP contribution in [-0.4, -0.2) is 114 Å². The van der Waals surface area contributed by atoms with Gasteiger partial charge in [0, 0.05) is 43.2 Å². The van der Waals surface area contributed by atoms with Crippen molar-refractivity contribution in [3.05, 3.63) is 81.5 Å². The molecular weight excluding hydrogens is 713 g/mol. The first kappa shape index (κ1) is 38.0. The van der Waals surface area contributed by atoms with E-state index in [1.807, 2.05) is 12.1 Å². The predicted molar refractivity (Wildman–Crippen MR) is 213 cm³/mol. The largest absolute Gasteiger partial charge is 0.481 e. The van der Waals surface area contributed by atoms with Crippen LogP contribution in [0.2, 0.25) is 0 Å². The van der Waals surface area contributed by atoms with E-state index in [0.29, 0.717) is 58.5 Å². The number of carbonyl (C=O) groups is 3. The molecule has 0 amide bonds. The molecule has 0 aromatic heterocycles. The molecule has 8 rings (SSSR count). The summed E-state index contributed by atoms with van der Waals surface area (Å²) in [5, 5.41) is 40.5. The third kappa shape index (κ3) is 8.15. The Morgan fingerprint density at radius 3 is 1.52 bits per heavy atom. The predicted octanol–water partition coefficient (Wildman–Crippen LogP) is 3.10. The average molecular weight is 763 g/mol. The van der Waals surface area contributed by atoms with E-state index in [9.17, 15) is 29.7 Å². The normalized spacial score (nSPS) is 25.4. The number of rotatable bonds is 18. The minimum absolute atomic E-state index is 0.0436. The van der Waals surface area contributed by atoms with Crippen LogP contribution in [0.4, 0.5) is 0 Å². The maximum atomic E-state index is 12.5. The number of hydrogen-bond donors (Lipinski definition) is 6. The highest BCUT2D eigenvalue weighted by molar-refractivity contribution is 6.43.